The molecule has 5 nitrogen and oxygen atoms in total. The van der Waals surface area contributed by atoms with Crippen molar-refractivity contribution in [3.63, 3.8) is 0 Å². The van der Waals surface area contributed by atoms with E-state index in [1.54, 1.807) is 12.1 Å². The number of aryl methyl sites for hydroxylation is 1. The number of rotatable bonds is 3. The Labute approximate surface area is 144 Å². The highest BCUT2D eigenvalue weighted by Gasteiger charge is 2.32. The number of aromatic nitrogens is 1. The average Bonchev–Trinajstić information content (AvgIpc) is 2.46. The van der Waals surface area contributed by atoms with Gasteiger partial charge in [-0.15, -0.1) is 0 Å². The molecule has 0 bridgehead atoms. The first-order chi connectivity index (χ1) is 11.4. The van der Waals surface area contributed by atoms with Crippen LogP contribution in [0.15, 0.2) is 47.4 Å². The number of hydrogen-bond donors (Lipinski definition) is 2. The fourth-order valence-corrected chi connectivity index (χ4v) is 2.16. The lowest BCUT2D eigenvalue weighted by Gasteiger charge is -2.11. The van der Waals surface area contributed by atoms with Crippen molar-refractivity contribution in [2.75, 3.05) is 5.32 Å². The van der Waals surface area contributed by atoms with Gasteiger partial charge in [0.05, 0.1) is 4.90 Å². The van der Waals surface area contributed by atoms with Crippen LogP contribution in [0.1, 0.15) is 25.1 Å². The van der Waals surface area contributed by atoms with Crippen molar-refractivity contribution in [1.82, 2.24) is 4.98 Å². The largest absolute Gasteiger partial charge is 0.433 e. The third-order valence-corrected chi connectivity index (χ3v) is 3.66. The molecule has 0 amide bonds. The summed E-state index contributed by atoms with van der Waals surface area (Å²) in [6.45, 7) is 5.51. The minimum absolute atomic E-state index is 0.0611. The Morgan fingerprint density at radius 2 is 1.64 bits per heavy atom. The van der Waals surface area contributed by atoms with Gasteiger partial charge < -0.3 is 5.32 Å². The van der Waals surface area contributed by atoms with E-state index >= 15 is 0 Å². The highest BCUT2D eigenvalue weighted by molar-refractivity contribution is 7.85. The quantitative estimate of drug-likeness (QED) is 0.787. The van der Waals surface area contributed by atoms with Crippen LogP contribution in [0.25, 0.3) is 0 Å². The molecule has 0 fully saturated rings. The normalized spacial score (nSPS) is 11.7. The molecule has 2 aromatic rings. The molecule has 2 N–H and O–H groups in total. The van der Waals surface area contributed by atoms with Crippen LogP contribution >= 0.6 is 0 Å². The summed E-state index contributed by atoms with van der Waals surface area (Å²) < 4.78 is 66.2. The molecule has 138 valence electrons. The summed E-state index contributed by atoms with van der Waals surface area (Å²) in [7, 11) is -4.02. The summed E-state index contributed by atoms with van der Waals surface area (Å²) >= 11 is 0. The first kappa shape index (κ1) is 20.9. The summed E-state index contributed by atoms with van der Waals surface area (Å²) in [6, 6.07) is 9.84. The predicted octanol–water partition coefficient (Wildman–Crippen LogP) is 4.16. The van der Waals surface area contributed by atoms with Crippen molar-refractivity contribution < 1.29 is 26.1 Å². The number of nitrogens with zero attached hydrogens (tertiary/aromatic N) is 1. The lowest BCUT2D eigenvalue weighted by Crippen LogP contribution is -2.14. The van der Waals surface area contributed by atoms with Crippen molar-refractivity contribution in [3.8, 4) is 0 Å². The average molecular weight is 376 g/mol. The zero-order chi connectivity index (χ0) is 19.3. The van der Waals surface area contributed by atoms with Gasteiger partial charge in [-0.1, -0.05) is 23.8 Å². The Balaban J connectivity index is 0.000000257. The van der Waals surface area contributed by atoms with Gasteiger partial charge in [-0.05, 0) is 45.0 Å². The van der Waals surface area contributed by atoms with E-state index in [1.165, 1.54) is 24.3 Å². The number of pyridine rings is 1. The van der Waals surface area contributed by atoms with E-state index in [0.717, 1.165) is 11.6 Å². The van der Waals surface area contributed by atoms with Crippen molar-refractivity contribution in [3.05, 3.63) is 53.7 Å². The zero-order valence-electron chi connectivity index (χ0n) is 13.9. The molecule has 0 atom stereocenters. The molecule has 0 aliphatic heterocycles. The van der Waals surface area contributed by atoms with Gasteiger partial charge in [0.2, 0.25) is 0 Å². The molecule has 0 unspecified atom stereocenters. The third-order valence-electron chi connectivity index (χ3n) is 2.79. The minimum Gasteiger partial charge on any atom is -0.368 e. The topological polar surface area (TPSA) is 79.3 Å². The van der Waals surface area contributed by atoms with Gasteiger partial charge in [0, 0.05) is 6.04 Å². The number of anilines is 1. The van der Waals surface area contributed by atoms with Crippen molar-refractivity contribution in [2.24, 2.45) is 0 Å². The second-order valence-electron chi connectivity index (χ2n) is 5.49. The highest BCUT2D eigenvalue weighted by atomic mass is 32.2. The first-order valence-electron chi connectivity index (χ1n) is 7.24. The van der Waals surface area contributed by atoms with Gasteiger partial charge in [0.1, 0.15) is 11.5 Å². The molecular weight excluding hydrogens is 357 g/mol. The molecule has 1 aromatic carbocycles. The second-order valence-corrected chi connectivity index (χ2v) is 6.91. The monoisotopic (exact) mass is 376 g/mol. The van der Waals surface area contributed by atoms with Gasteiger partial charge in [-0.25, -0.2) is 4.98 Å². The van der Waals surface area contributed by atoms with Gasteiger partial charge in [-0.3, -0.25) is 4.55 Å². The van der Waals surface area contributed by atoms with E-state index in [9.17, 15) is 21.6 Å². The lowest BCUT2D eigenvalue weighted by atomic mass is 10.2. The van der Waals surface area contributed by atoms with Gasteiger partial charge >= 0.3 is 6.18 Å². The van der Waals surface area contributed by atoms with Crippen LogP contribution in [-0.4, -0.2) is 24.0 Å². The minimum atomic E-state index is -4.38. The Morgan fingerprint density at radius 1 is 1.08 bits per heavy atom. The van der Waals surface area contributed by atoms with E-state index in [-0.39, 0.29) is 16.8 Å². The molecule has 0 saturated carbocycles. The van der Waals surface area contributed by atoms with Gasteiger partial charge in [0.15, 0.2) is 0 Å². The summed E-state index contributed by atoms with van der Waals surface area (Å²) in [6.07, 6.45) is -4.38. The Morgan fingerprint density at radius 3 is 2.08 bits per heavy atom. The molecule has 9 heteroatoms. The Bertz CT molecular complexity index is 789. The maximum Gasteiger partial charge on any atom is 0.433 e. The number of alkyl halides is 3. The second kappa shape index (κ2) is 8.30. The molecule has 0 radical (unpaired) electrons. The number of nitrogens with one attached hydrogen (secondary N) is 1. The van der Waals surface area contributed by atoms with Crippen LogP contribution in [0.3, 0.4) is 0 Å². The van der Waals surface area contributed by atoms with Crippen LogP contribution in [-0.2, 0) is 16.3 Å². The standard InChI is InChI=1S/C9H11F3N2.C7H8O3S/c1-6(2)13-8-5-3-4-7(14-8)9(10,11)12;1-6-2-4-7(5-3-6)11(8,9)10/h3-6H,1-2H3,(H,13,14);2-5H,1H3,(H,8,9,10). The Kier molecular flexibility index (Phi) is 6.95. The lowest BCUT2D eigenvalue weighted by molar-refractivity contribution is -0.141. The maximum atomic E-state index is 12.2. The summed E-state index contributed by atoms with van der Waals surface area (Å²) in [4.78, 5) is 3.38. The predicted molar refractivity (Wildman–Crippen MR) is 89.0 cm³/mol. The number of hydrogen-bond acceptors (Lipinski definition) is 4. The van der Waals surface area contributed by atoms with E-state index in [4.69, 9.17) is 4.55 Å². The molecular formula is C16H19F3N2O3S. The van der Waals surface area contributed by atoms with Crippen molar-refractivity contribution in [2.45, 2.75) is 37.9 Å². The first-order valence-corrected chi connectivity index (χ1v) is 8.68. The Hall–Kier alpha value is -2.13. The molecule has 0 aliphatic carbocycles. The van der Waals surface area contributed by atoms with E-state index in [1.807, 2.05) is 20.8 Å². The zero-order valence-corrected chi connectivity index (χ0v) is 14.7. The number of benzene rings is 1. The maximum absolute atomic E-state index is 12.2. The van der Waals surface area contributed by atoms with Crippen LogP contribution < -0.4 is 5.32 Å². The fraction of sp³-hybridized carbons (Fsp3) is 0.312. The smallest absolute Gasteiger partial charge is 0.368 e. The van der Waals surface area contributed by atoms with Crippen molar-refractivity contribution in [1.29, 1.82) is 0 Å². The fourth-order valence-electron chi connectivity index (χ4n) is 1.68. The molecule has 2 rings (SSSR count). The van der Waals surface area contributed by atoms with Crippen LogP contribution in [0.4, 0.5) is 19.0 Å². The molecule has 0 aliphatic rings. The molecule has 0 saturated heterocycles. The molecule has 0 spiro atoms. The molecule has 25 heavy (non-hydrogen) atoms. The van der Waals surface area contributed by atoms with Crippen LogP contribution in [0.5, 0.6) is 0 Å². The third kappa shape index (κ3) is 7.53. The summed E-state index contributed by atoms with van der Waals surface area (Å²) in [5.41, 5.74) is 0.0838. The highest BCUT2D eigenvalue weighted by Crippen LogP contribution is 2.28. The number of halogens is 3. The summed E-state index contributed by atoms with van der Waals surface area (Å²) in [5, 5.41) is 2.81. The van der Waals surface area contributed by atoms with E-state index in [2.05, 4.69) is 10.3 Å². The SMILES string of the molecule is CC(C)Nc1cccc(C(F)(F)F)n1.Cc1ccc(S(=O)(=O)O)cc1. The van der Waals surface area contributed by atoms with Gasteiger partial charge in [-0.2, -0.15) is 21.6 Å². The van der Waals surface area contributed by atoms with E-state index < -0.39 is 22.0 Å². The van der Waals surface area contributed by atoms with E-state index in [0.29, 0.717) is 0 Å². The van der Waals surface area contributed by atoms with Gasteiger partial charge in [0.25, 0.3) is 10.1 Å². The van der Waals surface area contributed by atoms with Crippen molar-refractivity contribution >= 4 is 15.9 Å². The molecule has 1 heterocycles. The molecule has 1 aromatic heterocycles. The van der Waals surface area contributed by atoms with Crippen LogP contribution in [0, 0.1) is 6.92 Å². The summed E-state index contributed by atoms with van der Waals surface area (Å²) in [5.74, 6) is 0.245. The van der Waals surface area contributed by atoms with Crippen LogP contribution in [0.2, 0.25) is 0 Å².